The number of rotatable bonds is 0. The minimum Gasteiger partial charge on any atom is -0.298 e. The third kappa shape index (κ3) is 1.04. The van der Waals surface area contributed by atoms with Crippen LogP contribution in [0.1, 0.15) is 32.6 Å². The Labute approximate surface area is 60.8 Å². The quantitative estimate of drug-likeness (QED) is 0.509. The lowest BCUT2D eigenvalue weighted by molar-refractivity contribution is -0.127. The van der Waals surface area contributed by atoms with Gasteiger partial charge in [0, 0.05) is 6.42 Å². The molecule has 0 N–H and O–H groups in total. The summed E-state index contributed by atoms with van der Waals surface area (Å²) in [6.45, 7) is 1.74. The molecule has 1 fully saturated rings. The van der Waals surface area contributed by atoms with Crippen LogP contribution in [0, 0.1) is 16.7 Å². The lowest BCUT2D eigenvalue weighted by Gasteiger charge is -2.23. The highest BCUT2D eigenvalue weighted by Gasteiger charge is 2.34. The molecule has 1 saturated carbocycles. The zero-order valence-corrected chi connectivity index (χ0v) is 6.18. The Morgan fingerprint density at radius 2 is 2.30 bits per heavy atom. The van der Waals surface area contributed by atoms with Crippen LogP contribution in [-0.2, 0) is 4.79 Å². The van der Waals surface area contributed by atoms with Gasteiger partial charge < -0.3 is 0 Å². The summed E-state index contributed by atoms with van der Waals surface area (Å²) in [6, 6.07) is 2.08. The molecule has 10 heavy (non-hydrogen) atoms. The van der Waals surface area contributed by atoms with E-state index in [0.717, 1.165) is 19.3 Å². The van der Waals surface area contributed by atoms with E-state index in [4.69, 9.17) is 5.26 Å². The van der Waals surface area contributed by atoms with Gasteiger partial charge in [0.05, 0.1) is 6.07 Å². The predicted octanol–water partition coefficient (Wildman–Crippen LogP) is 1.66. The van der Waals surface area contributed by atoms with Crippen molar-refractivity contribution in [3.8, 4) is 6.07 Å². The highest BCUT2D eigenvalue weighted by atomic mass is 16.1. The van der Waals surface area contributed by atoms with Crippen molar-refractivity contribution in [3.05, 3.63) is 0 Å². The second-order valence-electron chi connectivity index (χ2n) is 3.07. The molecule has 0 heterocycles. The monoisotopic (exact) mass is 137 g/mol. The molecule has 1 unspecified atom stereocenters. The largest absolute Gasteiger partial charge is 0.298 e. The standard InChI is InChI=1S/C8H11NO/c1-8(6-9)5-3-2-4-7(8)10/h2-5H2,1H3. The van der Waals surface area contributed by atoms with Crippen LogP contribution in [0.25, 0.3) is 0 Å². The zero-order valence-electron chi connectivity index (χ0n) is 6.18. The molecular formula is C8H11NO. The molecule has 1 atom stereocenters. The van der Waals surface area contributed by atoms with Crippen LogP contribution in [0.2, 0.25) is 0 Å². The van der Waals surface area contributed by atoms with Gasteiger partial charge in [-0.15, -0.1) is 0 Å². The van der Waals surface area contributed by atoms with Crippen molar-refractivity contribution in [3.63, 3.8) is 0 Å². The first-order valence-electron chi connectivity index (χ1n) is 3.63. The van der Waals surface area contributed by atoms with E-state index in [1.807, 2.05) is 0 Å². The Hall–Kier alpha value is -0.840. The maximum atomic E-state index is 11.1. The maximum absolute atomic E-state index is 11.1. The molecule has 0 saturated heterocycles. The van der Waals surface area contributed by atoms with Gasteiger partial charge in [0.15, 0.2) is 5.78 Å². The Morgan fingerprint density at radius 3 is 2.70 bits per heavy atom. The van der Waals surface area contributed by atoms with E-state index in [0.29, 0.717) is 6.42 Å². The summed E-state index contributed by atoms with van der Waals surface area (Å²) in [7, 11) is 0. The maximum Gasteiger partial charge on any atom is 0.152 e. The van der Waals surface area contributed by atoms with Crippen molar-refractivity contribution in [2.75, 3.05) is 0 Å². The highest BCUT2D eigenvalue weighted by Crippen LogP contribution is 2.31. The first-order valence-corrected chi connectivity index (χ1v) is 3.63. The van der Waals surface area contributed by atoms with E-state index in [-0.39, 0.29) is 5.78 Å². The molecule has 1 aliphatic carbocycles. The molecule has 0 amide bonds. The van der Waals surface area contributed by atoms with Gasteiger partial charge in [0.2, 0.25) is 0 Å². The number of ketones is 1. The molecule has 0 aromatic heterocycles. The average molecular weight is 137 g/mol. The highest BCUT2D eigenvalue weighted by molar-refractivity contribution is 5.87. The molecule has 0 aromatic rings. The van der Waals surface area contributed by atoms with E-state index in [1.54, 1.807) is 6.92 Å². The van der Waals surface area contributed by atoms with Crippen LogP contribution >= 0.6 is 0 Å². The number of Topliss-reactive ketones (excluding diaryl/α,β-unsaturated/α-hetero) is 1. The molecule has 0 spiro atoms. The molecular weight excluding hydrogens is 126 g/mol. The topological polar surface area (TPSA) is 40.9 Å². The third-order valence-corrected chi connectivity index (χ3v) is 2.19. The van der Waals surface area contributed by atoms with Crippen molar-refractivity contribution in [1.82, 2.24) is 0 Å². The lowest BCUT2D eigenvalue weighted by atomic mass is 9.76. The number of nitrogens with zero attached hydrogens (tertiary/aromatic N) is 1. The second kappa shape index (κ2) is 2.42. The SMILES string of the molecule is CC1(C#N)CCCCC1=O. The third-order valence-electron chi connectivity index (χ3n) is 2.19. The first-order chi connectivity index (χ1) is 4.69. The van der Waals surface area contributed by atoms with Crippen LogP contribution in [0.3, 0.4) is 0 Å². The van der Waals surface area contributed by atoms with Crippen LogP contribution < -0.4 is 0 Å². The van der Waals surface area contributed by atoms with Crippen molar-refractivity contribution >= 4 is 5.78 Å². The fourth-order valence-electron chi connectivity index (χ4n) is 1.30. The predicted molar refractivity (Wildman–Crippen MR) is 37.2 cm³/mol. The minimum absolute atomic E-state index is 0.126. The molecule has 54 valence electrons. The van der Waals surface area contributed by atoms with Gasteiger partial charge in [-0.2, -0.15) is 5.26 Å². The van der Waals surface area contributed by atoms with E-state index < -0.39 is 5.41 Å². The van der Waals surface area contributed by atoms with Crippen LogP contribution in [0.5, 0.6) is 0 Å². The summed E-state index contributed by atoms with van der Waals surface area (Å²) in [5.41, 5.74) is -0.655. The average Bonchev–Trinajstić information content (AvgIpc) is 1.96. The normalized spacial score (nSPS) is 33.4. The summed E-state index contributed by atoms with van der Waals surface area (Å²) in [6.07, 6.45) is 3.35. The number of hydrogen-bond donors (Lipinski definition) is 0. The smallest absolute Gasteiger partial charge is 0.152 e. The van der Waals surface area contributed by atoms with Crippen molar-refractivity contribution in [1.29, 1.82) is 5.26 Å². The van der Waals surface area contributed by atoms with Gasteiger partial charge in [-0.3, -0.25) is 4.79 Å². The minimum atomic E-state index is -0.655. The van der Waals surface area contributed by atoms with Gasteiger partial charge in [0.1, 0.15) is 5.41 Å². The number of nitriles is 1. The number of carbonyl (C=O) groups excluding carboxylic acids is 1. The summed E-state index contributed by atoms with van der Waals surface area (Å²) < 4.78 is 0. The summed E-state index contributed by atoms with van der Waals surface area (Å²) in [4.78, 5) is 11.1. The van der Waals surface area contributed by atoms with Gasteiger partial charge >= 0.3 is 0 Å². The van der Waals surface area contributed by atoms with E-state index in [2.05, 4.69) is 6.07 Å². The molecule has 2 heteroatoms. The Kier molecular flexibility index (Phi) is 1.76. The number of hydrogen-bond acceptors (Lipinski definition) is 2. The van der Waals surface area contributed by atoms with Gasteiger partial charge in [-0.1, -0.05) is 6.42 Å². The van der Waals surface area contributed by atoms with E-state index >= 15 is 0 Å². The molecule has 0 aliphatic heterocycles. The molecule has 1 rings (SSSR count). The Balaban J connectivity index is 2.75. The fraction of sp³-hybridized carbons (Fsp3) is 0.750. The molecule has 2 nitrogen and oxygen atoms in total. The van der Waals surface area contributed by atoms with Gasteiger partial charge in [-0.05, 0) is 19.8 Å². The van der Waals surface area contributed by atoms with Crippen LogP contribution in [0.4, 0.5) is 0 Å². The summed E-state index contributed by atoms with van der Waals surface area (Å²) >= 11 is 0. The van der Waals surface area contributed by atoms with Crippen molar-refractivity contribution < 1.29 is 4.79 Å². The zero-order chi connectivity index (χ0) is 7.61. The van der Waals surface area contributed by atoms with Crippen LogP contribution in [0.15, 0.2) is 0 Å². The first kappa shape index (κ1) is 7.27. The fourth-order valence-corrected chi connectivity index (χ4v) is 1.30. The summed E-state index contributed by atoms with van der Waals surface area (Å²) in [5, 5.41) is 8.65. The van der Waals surface area contributed by atoms with Gasteiger partial charge in [0.25, 0.3) is 0 Å². The van der Waals surface area contributed by atoms with Crippen molar-refractivity contribution in [2.24, 2.45) is 5.41 Å². The van der Waals surface area contributed by atoms with Gasteiger partial charge in [-0.25, -0.2) is 0 Å². The van der Waals surface area contributed by atoms with Crippen molar-refractivity contribution in [2.45, 2.75) is 32.6 Å². The van der Waals surface area contributed by atoms with Crippen LogP contribution in [-0.4, -0.2) is 5.78 Å². The Morgan fingerprint density at radius 1 is 1.60 bits per heavy atom. The Bertz CT molecular complexity index is 192. The lowest BCUT2D eigenvalue weighted by Crippen LogP contribution is -2.29. The molecule has 0 radical (unpaired) electrons. The second-order valence-corrected chi connectivity index (χ2v) is 3.07. The molecule has 0 bridgehead atoms. The number of carbonyl (C=O) groups is 1. The molecule has 0 aromatic carbocycles. The summed E-state index contributed by atoms with van der Waals surface area (Å²) in [5.74, 6) is 0.126. The van der Waals surface area contributed by atoms with E-state index in [9.17, 15) is 4.79 Å². The molecule has 1 aliphatic rings. The van der Waals surface area contributed by atoms with E-state index in [1.165, 1.54) is 0 Å².